The zero-order valence-electron chi connectivity index (χ0n) is 9.33. The Kier molecular flexibility index (Phi) is 5.10. The van der Waals surface area contributed by atoms with Crippen LogP contribution in [0.4, 0.5) is 4.39 Å². The molecule has 90 valence electrons. The highest BCUT2D eigenvalue weighted by atomic mass is 79.9. The van der Waals surface area contributed by atoms with Crippen molar-refractivity contribution in [3.05, 3.63) is 59.4 Å². The molecule has 0 aromatic heterocycles. The maximum atomic E-state index is 13.3. The summed E-state index contributed by atoms with van der Waals surface area (Å²) in [5.41, 5.74) is 0.314. The molecule has 0 aliphatic carbocycles. The lowest BCUT2D eigenvalue weighted by molar-refractivity contribution is 0.0790. The first-order valence-electron chi connectivity index (χ1n) is 5.06. The average molecular weight is 298 g/mol. The van der Waals surface area contributed by atoms with Crippen molar-refractivity contribution in [2.45, 2.75) is 0 Å². The first-order chi connectivity index (χ1) is 8.10. The van der Waals surface area contributed by atoms with E-state index in [1.165, 1.54) is 17.0 Å². The van der Waals surface area contributed by atoms with Crippen LogP contribution in [-0.4, -0.2) is 23.9 Å². The third-order valence-corrected chi connectivity index (χ3v) is 2.80. The maximum Gasteiger partial charge on any atom is 0.254 e. The Bertz CT molecular complexity index is 435. The van der Waals surface area contributed by atoms with Crippen LogP contribution in [0.3, 0.4) is 0 Å². The lowest BCUT2D eigenvalue weighted by Crippen LogP contribution is -2.31. The fourth-order valence-electron chi connectivity index (χ4n) is 1.36. The molecule has 0 spiro atoms. The van der Waals surface area contributed by atoms with Crippen LogP contribution in [0, 0.1) is 5.82 Å². The van der Waals surface area contributed by atoms with Crippen molar-refractivity contribution >= 4 is 21.8 Å². The quantitative estimate of drug-likeness (QED) is 0.763. The van der Waals surface area contributed by atoms with Crippen molar-refractivity contribution in [1.29, 1.82) is 0 Å². The highest BCUT2D eigenvalue weighted by molar-refractivity contribution is 9.10. The van der Waals surface area contributed by atoms with E-state index in [9.17, 15) is 9.18 Å². The minimum absolute atomic E-state index is 0.240. The third kappa shape index (κ3) is 3.53. The Balaban J connectivity index is 2.95. The lowest BCUT2D eigenvalue weighted by atomic mass is 10.2. The molecule has 0 saturated heterocycles. The summed E-state index contributed by atoms with van der Waals surface area (Å²) in [5, 5.41) is 0. The van der Waals surface area contributed by atoms with Crippen LogP contribution in [0.2, 0.25) is 0 Å². The second-order valence-electron chi connectivity index (χ2n) is 3.42. The molecule has 0 N–H and O–H groups in total. The van der Waals surface area contributed by atoms with E-state index in [-0.39, 0.29) is 5.91 Å². The van der Waals surface area contributed by atoms with Gasteiger partial charge in [0.05, 0.1) is 4.47 Å². The summed E-state index contributed by atoms with van der Waals surface area (Å²) in [6.07, 6.45) is 3.24. The molecule has 1 aromatic rings. The summed E-state index contributed by atoms with van der Waals surface area (Å²) < 4.78 is 13.7. The molecule has 1 amide bonds. The van der Waals surface area contributed by atoms with Gasteiger partial charge in [0, 0.05) is 18.7 Å². The highest BCUT2D eigenvalue weighted by Crippen LogP contribution is 2.17. The van der Waals surface area contributed by atoms with E-state index < -0.39 is 5.82 Å². The molecule has 0 heterocycles. The van der Waals surface area contributed by atoms with Crippen LogP contribution in [0.1, 0.15) is 10.4 Å². The van der Waals surface area contributed by atoms with Crippen LogP contribution in [-0.2, 0) is 0 Å². The van der Waals surface area contributed by atoms with Crippen LogP contribution < -0.4 is 0 Å². The maximum absolute atomic E-state index is 13.3. The van der Waals surface area contributed by atoms with Gasteiger partial charge in [0.15, 0.2) is 0 Å². The molecule has 1 rings (SSSR count). The fraction of sp³-hybridized carbons (Fsp3) is 0.154. The summed E-state index contributed by atoms with van der Waals surface area (Å²) in [4.78, 5) is 13.6. The monoisotopic (exact) mass is 297 g/mol. The Hall–Kier alpha value is -1.42. The zero-order valence-corrected chi connectivity index (χ0v) is 10.9. The molecular formula is C13H13BrFNO. The number of hydrogen-bond donors (Lipinski definition) is 0. The standard InChI is InChI=1S/C13H13BrFNO/c1-3-7-16(8-4-2)13(17)10-5-6-11(14)12(15)9-10/h3-6,9H,1-2,7-8H2. The molecular weight excluding hydrogens is 285 g/mol. The Morgan fingerprint density at radius 1 is 1.35 bits per heavy atom. The molecule has 0 aliphatic rings. The number of hydrogen-bond acceptors (Lipinski definition) is 1. The second kappa shape index (κ2) is 6.35. The molecule has 1 aromatic carbocycles. The van der Waals surface area contributed by atoms with Gasteiger partial charge in [0.25, 0.3) is 5.91 Å². The van der Waals surface area contributed by atoms with Gasteiger partial charge in [0.2, 0.25) is 0 Å². The van der Waals surface area contributed by atoms with Gasteiger partial charge < -0.3 is 4.90 Å². The molecule has 0 unspecified atom stereocenters. The van der Waals surface area contributed by atoms with Gasteiger partial charge in [-0.1, -0.05) is 12.2 Å². The van der Waals surface area contributed by atoms with Crippen molar-refractivity contribution in [3.8, 4) is 0 Å². The van der Waals surface area contributed by atoms with Gasteiger partial charge in [-0.2, -0.15) is 0 Å². The average Bonchev–Trinajstić information content (AvgIpc) is 2.31. The molecule has 17 heavy (non-hydrogen) atoms. The van der Waals surface area contributed by atoms with Crippen LogP contribution in [0.5, 0.6) is 0 Å². The summed E-state index contributed by atoms with van der Waals surface area (Å²) in [5.74, 6) is -0.691. The van der Waals surface area contributed by atoms with Gasteiger partial charge in [-0.3, -0.25) is 4.79 Å². The molecule has 0 fully saturated rings. The first-order valence-corrected chi connectivity index (χ1v) is 5.85. The zero-order chi connectivity index (χ0) is 12.8. The Morgan fingerprint density at radius 2 is 1.94 bits per heavy atom. The number of carbonyl (C=O) groups is 1. The molecule has 0 atom stereocenters. The number of nitrogens with zero attached hydrogens (tertiary/aromatic N) is 1. The van der Waals surface area contributed by atoms with Crippen molar-refractivity contribution in [1.82, 2.24) is 4.90 Å². The normalized spacial score (nSPS) is 9.76. The van der Waals surface area contributed by atoms with Gasteiger partial charge in [-0.15, -0.1) is 13.2 Å². The summed E-state index contributed by atoms with van der Waals surface area (Å²) in [6.45, 7) is 7.97. The first kappa shape index (κ1) is 13.6. The van der Waals surface area contributed by atoms with E-state index in [0.29, 0.717) is 23.1 Å². The predicted octanol–water partition coefficient (Wildman–Crippen LogP) is 3.40. The number of carbonyl (C=O) groups excluding carboxylic acids is 1. The minimum atomic E-state index is -0.451. The van der Waals surface area contributed by atoms with E-state index in [0.717, 1.165) is 0 Å². The molecule has 2 nitrogen and oxygen atoms in total. The van der Waals surface area contributed by atoms with Gasteiger partial charge in [0.1, 0.15) is 5.82 Å². The predicted molar refractivity (Wildman–Crippen MR) is 70.4 cm³/mol. The van der Waals surface area contributed by atoms with Crippen molar-refractivity contribution < 1.29 is 9.18 Å². The number of amides is 1. The van der Waals surface area contributed by atoms with Gasteiger partial charge >= 0.3 is 0 Å². The van der Waals surface area contributed by atoms with Crippen molar-refractivity contribution in [2.24, 2.45) is 0 Å². The number of halogens is 2. The van der Waals surface area contributed by atoms with Crippen molar-refractivity contribution in [2.75, 3.05) is 13.1 Å². The second-order valence-corrected chi connectivity index (χ2v) is 4.27. The Labute approximate surface area is 109 Å². The molecule has 0 radical (unpaired) electrons. The fourth-order valence-corrected chi connectivity index (χ4v) is 1.61. The van der Waals surface area contributed by atoms with E-state index in [4.69, 9.17) is 0 Å². The van der Waals surface area contributed by atoms with E-state index in [1.54, 1.807) is 18.2 Å². The topological polar surface area (TPSA) is 20.3 Å². The van der Waals surface area contributed by atoms with Gasteiger partial charge in [-0.25, -0.2) is 4.39 Å². The minimum Gasteiger partial charge on any atom is -0.331 e. The van der Waals surface area contributed by atoms with Crippen LogP contribution >= 0.6 is 15.9 Å². The van der Waals surface area contributed by atoms with E-state index in [1.807, 2.05) is 0 Å². The SMILES string of the molecule is C=CCN(CC=C)C(=O)c1ccc(Br)c(F)c1. The van der Waals surface area contributed by atoms with Crippen molar-refractivity contribution in [3.63, 3.8) is 0 Å². The smallest absolute Gasteiger partial charge is 0.254 e. The number of benzene rings is 1. The summed E-state index contributed by atoms with van der Waals surface area (Å²) in [7, 11) is 0. The number of rotatable bonds is 5. The van der Waals surface area contributed by atoms with E-state index in [2.05, 4.69) is 29.1 Å². The van der Waals surface area contributed by atoms with Crippen LogP contribution in [0.15, 0.2) is 48.0 Å². The highest BCUT2D eigenvalue weighted by Gasteiger charge is 2.14. The molecule has 4 heteroatoms. The molecule has 0 saturated carbocycles. The van der Waals surface area contributed by atoms with E-state index >= 15 is 0 Å². The molecule has 0 aliphatic heterocycles. The Morgan fingerprint density at radius 3 is 2.41 bits per heavy atom. The van der Waals surface area contributed by atoms with Gasteiger partial charge in [-0.05, 0) is 34.1 Å². The molecule has 0 bridgehead atoms. The summed E-state index contributed by atoms with van der Waals surface area (Å²) >= 11 is 3.04. The van der Waals surface area contributed by atoms with Crippen LogP contribution in [0.25, 0.3) is 0 Å². The largest absolute Gasteiger partial charge is 0.331 e. The lowest BCUT2D eigenvalue weighted by Gasteiger charge is -2.19. The third-order valence-electron chi connectivity index (χ3n) is 2.15. The summed E-state index contributed by atoms with van der Waals surface area (Å²) in [6, 6.07) is 4.31.